The standard InChI is InChI=1S/C23H14N2O4/c26-23-20-21(16-8-4-5-9-17(16)29-23)24-25(15-6-2-1-3-7-15)22(20)14-10-11-18-19(12-14)28-13-27-18/h1-12H,13H2. The Hall–Kier alpha value is -4.06. The first-order valence-corrected chi connectivity index (χ1v) is 9.19. The maximum atomic E-state index is 13.0. The topological polar surface area (TPSA) is 66.5 Å². The van der Waals surface area contributed by atoms with E-state index in [0.717, 1.165) is 16.6 Å². The number of nitrogens with zero attached hydrogens (tertiary/aromatic N) is 2. The molecule has 0 amide bonds. The monoisotopic (exact) mass is 382 g/mol. The number of hydrogen-bond donors (Lipinski definition) is 0. The molecule has 0 spiro atoms. The molecule has 1 aliphatic rings. The van der Waals surface area contributed by atoms with Gasteiger partial charge < -0.3 is 13.9 Å². The minimum atomic E-state index is -0.423. The predicted molar refractivity (Wildman–Crippen MR) is 109 cm³/mol. The summed E-state index contributed by atoms with van der Waals surface area (Å²) in [7, 11) is 0. The molecule has 140 valence electrons. The van der Waals surface area contributed by atoms with E-state index in [-0.39, 0.29) is 6.79 Å². The normalized spacial score (nSPS) is 12.7. The first-order valence-electron chi connectivity index (χ1n) is 9.19. The number of para-hydroxylation sites is 2. The van der Waals surface area contributed by atoms with Crippen molar-refractivity contribution in [2.75, 3.05) is 6.79 Å². The zero-order valence-electron chi connectivity index (χ0n) is 15.2. The Balaban J connectivity index is 1.76. The lowest BCUT2D eigenvalue weighted by atomic mass is 10.1. The molecule has 0 saturated carbocycles. The van der Waals surface area contributed by atoms with E-state index in [1.54, 1.807) is 10.7 Å². The van der Waals surface area contributed by atoms with Crippen molar-refractivity contribution in [3.8, 4) is 28.4 Å². The summed E-state index contributed by atoms with van der Waals surface area (Å²) < 4.78 is 18.4. The molecule has 0 bridgehead atoms. The van der Waals surface area contributed by atoms with Gasteiger partial charge in [-0.05, 0) is 42.5 Å². The first-order chi connectivity index (χ1) is 14.3. The Morgan fingerprint density at radius 3 is 2.55 bits per heavy atom. The molecule has 0 saturated heterocycles. The van der Waals surface area contributed by atoms with Crippen LogP contribution in [0.15, 0.2) is 82.0 Å². The number of benzene rings is 3. The summed E-state index contributed by atoms with van der Waals surface area (Å²) >= 11 is 0. The summed E-state index contributed by atoms with van der Waals surface area (Å²) in [5, 5.41) is 6.05. The number of ether oxygens (including phenoxy) is 2. The van der Waals surface area contributed by atoms with Crippen molar-refractivity contribution in [1.82, 2.24) is 9.78 Å². The number of rotatable bonds is 2. The van der Waals surface area contributed by atoms with Gasteiger partial charge in [0.25, 0.3) is 0 Å². The van der Waals surface area contributed by atoms with Crippen LogP contribution < -0.4 is 15.1 Å². The molecule has 0 N–H and O–H groups in total. The van der Waals surface area contributed by atoms with Gasteiger partial charge in [0, 0.05) is 10.9 Å². The Bertz CT molecular complexity index is 1450. The molecule has 29 heavy (non-hydrogen) atoms. The summed E-state index contributed by atoms with van der Waals surface area (Å²) in [6.45, 7) is 0.185. The molecule has 0 atom stereocenters. The van der Waals surface area contributed by atoms with Gasteiger partial charge in [-0.15, -0.1) is 0 Å². The Morgan fingerprint density at radius 1 is 0.862 bits per heavy atom. The summed E-state index contributed by atoms with van der Waals surface area (Å²) in [5.41, 5.74) is 2.99. The van der Waals surface area contributed by atoms with Crippen LogP contribution in [0.4, 0.5) is 0 Å². The SMILES string of the molecule is O=c1oc2ccccc2c2nn(-c3ccccc3)c(-c3ccc4c(c3)OCO4)c12. The Kier molecular flexibility index (Phi) is 3.28. The molecule has 3 aromatic carbocycles. The van der Waals surface area contributed by atoms with Crippen LogP contribution in [-0.2, 0) is 0 Å². The summed E-state index contributed by atoms with van der Waals surface area (Å²) in [5.74, 6) is 1.32. The summed E-state index contributed by atoms with van der Waals surface area (Å²) in [6.07, 6.45) is 0. The maximum Gasteiger partial charge on any atom is 0.348 e. The number of hydrogen-bond acceptors (Lipinski definition) is 5. The lowest BCUT2D eigenvalue weighted by Gasteiger charge is -2.08. The van der Waals surface area contributed by atoms with Gasteiger partial charge in [-0.2, -0.15) is 5.10 Å². The molecule has 6 rings (SSSR count). The average molecular weight is 382 g/mol. The van der Waals surface area contributed by atoms with Crippen molar-refractivity contribution >= 4 is 21.9 Å². The first kappa shape index (κ1) is 15.9. The van der Waals surface area contributed by atoms with Gasteiger partial charge in [-0.3, -0.25) is 0 Å². The third-order valence-corrected chi connectivity index (χ3v) is 5.08. The molecule has 6 nitrogen and oxygen atoms in total. The minimum Gasteiger partial charge on any atom is -0.454 e. The van der Waals surface area contributed by atoms with Gasteiger partial charge in [0.05, 0.1) is 11.4 Å². The van der Waals surface area contributed by atoms with Crippen molar-refractivity contribution in [2.45, 2.75) is 0 Å². The second kappa shape index (κ2) is 5.97. The highest BCUT2D eigenvalue weighted by molar-refractivity contribution is 6.07. The molecular formula is C23H14N2O4. The van der Waals surface area contributed by atoms with E-state index in [4.69, 9.17) is 19.0 Å². The molecular weight excluding hydrogens is 368 g/mol. The van der Waals surface area contributed by atoms with Gasteiger partial charge in [-0.25, -0.2) is 9.48 Å². The largest absolute Gasteiger partial charge is 0.454 e. The van der Waals surface area contributed by atoms with E-state index in [1.165, 1.54) is 0 Å². The number of fused-ring (bicyclic) bond motifs is 4. The van der Waals surface area contributed by atoms with Crippen LogP contribution in [0.25, 0.3) is 38.8 Å². The molecule has 0 aliphatic carbocycles. The molecule has 0 radical (unpaired) electrons. The van der Waals surface area contributed by atoms with Gasteiger partial charge in [0.2, 0.25) is 6.79 Å². The Labute approximate surface area is 164 Å². The second-order valence-corrected chi connectivity index (χ2v) is 6.77. The van der Waals surface area contributed by atoms with Gasteiger partial charge in [0.1, 0.15) is 16.5 Å². The fraction of sp³-hybridized carbons (Fsp3) is 0.0435. The van der Waals surface area contributed by atoms with Crippen molar-refractivity contribution in [1.29, 1.82) is 0 Å². The molecule has 6 heteroatoms. The molecule has 1 aliphatic heterocycles. The Morgan fingerprint density at radius 2 is 1.66 bits per heavy atom. The highest BCUT2D eigenvalue weighted by atomic mass is 16.7. The van der Waals surface area contributed by atoms with Crippen molar-refractivity contribution in [3.05, 3.63) is 83.2 Å². The van der Waals surface area contributed by atoms with E-state index in [0.29, 0.717) is 33.7 Å². The van der Waals surface area contributed by atoms with Crippen LogP contribution in [0, 0.1) is 0 Å². The fourth-order valence-corrected chi connectivity index (χ4v) is 3.77. The zero-order valence-corrected chi connectivity index (χ0v) is 15.2. The van der Waals surface area contributed by atoms with Crippen LogP contribution in [0.5, 0.6) is 11.5 Å². The highest BCUT2D eigenvalue weighted by Gasteiger charge is 2.23. The van der Waals surface area contributed by atoms with Gasteiger partial charge >= 0.3 is 5.63 Å². The molecule has 5 aromatic rings. The third kappa shape index (κ3) is 2.36. The van der Waals surface area contributed by atoms with Crippen molar-refractivity contribution in [3.63, 3.8) is 0 Å². The molecule has 2 aromatic heterocycles. The van der Waals surface area contributed by atoms with Gasteiger partial charge in [-0.1, -0.05) is 30.3 Å². The fourth-order valence-electron chi connectivity index (χ4n) is 3.77. The van der Waals surface area contributed by atoms with Crippen molar-refractivity contribution in [2.24, 2.45) is 0 Å². The number of aromatic nitrogens is 2. The van der Waals surface area contributed by atoms with Crippen LogP contribution in [0.2, 0.25) is 0 Å². The molecule has 0 unspecified atom stereocenters. The molecule has 3 heterocycles. The van der Waals surface area contributed by atoms with E-state index < -0.39 is 5.63 Å². The third-order valence-electron chi connectivity index (χ3n) is 5.08. The zero-order chi connectivity index (χ0) is 19.4. The predicted octanol–water partition coefficient (Wildman–Crippen LogP) is 4.53. The van der Waals surface area contributed by atoms with Gasteiger partial charge in [0.15, 0.2) is 11.5 Å². The van der Waals surface area contributed by atoms with Crippen LogP contribution >= 0.6 is 0 Å². The van der Waals surface area contributed by atoms with Crippen LogP contribution in [-0.4, -0.2) is 16.6 Å². The smallest absolute Gasteiger partial charge is 0.348 e. The summed E-state index contributed by atoms with van der Waals surface area (Å²) in [4.78, 5) is 13.0. The second-order valence-electron chi connectivity index (χ2n) is 6.77. The van der Waals surface area contributed by atoms with Crippen LogP contribution in [0.1, 0.15) is 0 Å². The lowest BCUT2D eigenvalue weighted by molar-refractivity contribution is 0.174. The minimum absolute atomic E-state index is 0.185. The molecule has 0 fully saturated rings. The highest BCUT2D eigenvalue weighted by Crippen LogP contribution is 2.39. The van der Waals surface area contributed by atoms with E-state index in [1.807, 2.05) is 66.7 Å². The maximum absolute atomic E-state index is 13.0. The average Bonchev–Trinajstić information content (AvgIpc) is 3.39. The lowest BCUT2D eigenvalue weighted by Crippen LogP contribution is -2.02. The van der Waals surface area contributed by atoms with E-state index in [2.05, 4.69) is 0 Å². The van der Waals surface area contributed by atoms with Crippen LogP contribution in [0.3, 0.4) is 0 Å². The van der Waals surface area contributed by atoms with Crippen molar-refractivity contribution < 1.29 is 13.9 Å². The van der Waals surface area contributed by atoms with E-state index >= 15 is 0 Å². The summed E-state index contributed by atoms with van der Waals surface area (Å²) in [6, 6.07) is 22.8. The quantitative estimate of drug-likeness (QED) is 0.420. The van der Waals surface area contributed by atoms with E-state index in [9.17, 15) is 4.79 Å².